The molecule has 0 bridgehead atoms. The monoisotopic (exact) mass is 424 g/mol. The minimum absolute atomic E-state index is 0.0646. The van der Waals surface area contributed by atoms with Crippen LogP contribution in [0.3, 0.4) is 0 Å². The first kappa shape index (κ1) is 20.7. The number of amides is 1. The summed E-state index contributed by atoms with van der Waals surface area (Å²) in [5, 5.41) is 13.2. The zero-order chi connectivity index (χ0) is 22.0. The third kappa shape index (κ3) is 4.04. The molecule has 1 fully saturated rings. The van der Waals surface area contributed by atoms with E-state index in [0.717, 1.165) is 17.7 Å². The molecule has 3 aromatic rings. The molecular formula is C23H19F3N4O. The highest BCUT2D eigenvalue weighted by Crippen LogP contribution is 2.38. The van der Waals surface area contributed by atoms with E-state index >= 15 is 4.39 Å². The van der Waals surface area contributed by atoms with Crippen LogP contribution in [0.4, 0.5) is 13.2 Å². The van der Waals surface area contributed by atoms with Gasteiger partial charge in [-0.15, -0.1) is 0 Å². The zero-order valence-electron chi connectivity index (χ0n) is 16.6. The van der Waals surface area contributed by atoms with Gasteiger partial charge in [-0.1, -0.05) is 30.3 Å². The number of hydrogen-bond donors (Lipinski definition) is 0. The number of alkyl halides is 1. The average molecular weight is 424 g/mol. The summed E-state index contributed by atoms with van der Waals surface area (Å²) in [4.78, 5) is 14.6. The van der Waals surface area contributed by atoms with Crippen molar-refractivity contribution < 1.29 is 18.0 Å². The lowest BCUT2D eigenvalue weighted by Crippen LogP contribution is -2.32. The number of carbonyl (C=O) groups excluding carboxylic acids is 1. The maximum absolute atomic E-state index is 15.5. The fourth-order valence-electron chi connectivity index (χ4n) is 3.93. The van der Waals surface area contributed by atoms with Crippen molar-refractivity contribution in [3.8, 4) is 17.3 Å². The molecule has 5 nitrogen and oxygen atoms in total. The molecule has 1 amide bonds. The van der Waals surface area contributed by atoms with Gasteiger partial charge in [0, 0.05) is 24.6 Å². The maximum Gasteiger partial charge on any atom is 0.257 e. The summed E-state index contributed by atoms with van der Waals surface area (Å²) in [5.41, 5.74) is -0.567. The van der Waals surface area contributed by atoms with E-state index < -0.39 is 23.2 Å². The normalized spacial score (nSPS) is 18.2. The van der Waals surface area contributed by atoms with E-state index in [0.29, 0.717) is 23.9 Å². The van der Waals surface area contributed by atoms with Gasteiger partial charge >= 0.3 is 0 Å². The summed E-state index contributed by atoms with van der Waals surface area (Å²) >= 11 is 0. The van der Waals surface area contributed by atoms with Crippen molar-refractivity contribution in [2.75, 3.05) is 13.1 Å². The first-order chi connectivity index (χ1) is 14.9. The molecule has 1 aliphatic heterocycles. The van der Waals surface area contributed by atoms with Crippen molar-refractivity contribution >= 4 is 5.91 Å². The number of aromatic nitrogens is 2. The SMILES string of the molecule is N#CCCn1ncc(C(=O)N2CCC(F)(c3cc(F)cc(F)c3)C2)c1-c1ccccc1. The van der Waals surface area contributed by atoms with Crippen LogP contribution in [0.5, 0.6) is 0 Å². The Kier molecular flexibility index (Phi) is 5.51. The van der Waals surface area contributed by atoms with E-state index in [4.69, 9.17) is 5.26 Å². The second-order valence-electron chi connectivity index (χ2n) is 7.50. The minimum atomic E-state index is -2.04. The van der Waals surface area contributed by atoms with Crippen molar-refractivity contribution in [2.24, 2.45) is 0 Å². The molecule has 0 N–H and O–H groups in total. The Labute approximate surface area is 177 Å². The second-order valence-corrected chi connectivity index (χ2v) is 7.50. The molecule has 1 aromatic heterocycles. The highest BCUT2D eigenvalue weighted by molar-refractivity contribution is 6.00. The molecule has 1 aliphatic rings. The Morgan fingerprint density at radius 3 is 2.55 bits per heavy atom. The van der Waals surface area contributed by atoms with Gasteiger partial charge in [0.15, 0.2) is 5.67 Å². The van der Waals surface area contributed by atoms with Gasteiger partial charge in [-0.2, -0.15) is 10.4 Å². The van der Waals surface area contributed by atoms with E-state index in [1.807, 2.05) is 30.3 Å². The molecule has 0 aliphatic carbocycles. The molecule has 2 aromatic carbocycles. The predicted molar refractivity (Wildman–Crippen MR) is 108 cm³/mol. The number of nitriles is 1. The van der Waals surface area contributed by atoms with E-state index in [1.165, 1.54) is 11.1 Å². The molecule has 1 saturated heterocycles. The number of hydrogen-bond acceptors (Lipinski definition) is 3. The summed E-state index contributed by atoms with van der Waals surface area (Å²) in [6.07, 6.45) is 1.57. The van der Waals surface area contributed by atoms with E-state index in [2.05, 4.69) is 11.2 Å². The van der Waals surface area contributed by atoms with Gasteiger partial charge in [-0.25, -0.2) is 13.2 Å². The number of halogens is 3. The minimum Gasteiger partial charge on any atom is -0.335 e. The Balaban J connectivity index is 1.65. The lowest BCUT2D eigenvalue weighted by molar-refractivity contribution is 0.0751. The molecule has 2 heterocycles. The van der Waals surface area contributed by atoms with Gasteiger partial charge in [0.05, 0.1) is 43.0 Å². The van der Waals surface area contributed by atoms with Gasteiger partial charge in [0.2, 0.25) is 0 Å². The third-order valence-electron chi connectivity index (χ3n) is 5.44. The number of carbonyl (C=O) groups is 1. The number of nitrogens with zero attached hydrogens (tertiary/aromatic N) is 4. The predicted octanol–water partition coefficient (Wildman–Crippen LogP) is 4.45. The van der Waals surface area contributed by atoms with Gasteiger partial charge in [-0.3, -0.25) is 9.48 Å². The van der Waals surface area contributed by atoms with E-state index in [9.17, 15) is 13.6 Å². The maximum atomic E-state index is 15.5. The topological polar surface area (TPSA) is 61.9 Å². The van der Waals surface area contributed by atoms with Crippen LogP contribution < -0.4 is 0 Å². The Bertz CT molecular complexity index is 1140. The first-order valence-corrected chi connectivity index (χ1v) is 9.84. The van der Waals surface area contributed by atoms with Crippen LogP contribution in [0.25, 0.3) is 11.3 Å². The van der Waals surface area contributed by atoms with E-state index in [-0.39, 0.29) is 31.5 Å². The van der Waals surface area contributed by atoms with Crippen LogP contribution in [-0.2, 0) is 12.2 Å². The lowest BCUT2D eigenvalue weighted by atomic mass is 9.95. The van der Waals surface area contributed by atoms with Crippen molar-refractivity contribution in [3.05, 3.63) is 77.5 Å². The van der Waals surface area contributed by atoms with Crippen LogP contribution in [0.2, 0.25) is 0 Å². The molecule has 0 spiro atoms. The largest absolute Gasteiger partial charge is 0.335 e. The second kappa shape index (κ2) is 8.26. The van der Waals surface area contributed by atoms with Crippen molar-refractivity contribution in [3.63, 3.8) is 0 Å². The number of likely N-dealkylation sites (tertiary alicyclic amines) is 1. The van der Waals surface area contributed by atoms with Crippen LogP contribution in [0.1, 0.15) is 28.8 Å². The van der Waals surface area contributed by atoms with Crippen LogP contribution in [0, 0.1) is 23.0 Å². The fourth-order valence-corrected chi connectivity index (χ4v) is 3.93. The highest BCUT2D eigenvalue weighted by atomic mass is 19.1. The van der Waals surface area contributed by atoms with Gasteiger partial charge in [-0.05, 0) is 17.7 Å². The summed E-state index contributed by atoms with van der Waals surface area (Å²) < 4.78 is 44.3. The van der Waals surface area contributed by atoms with Crippen LogP contribution in [-0.4, -0.2) is 33.7 Å². The van der Waals surface area contributed by atoms with Crippen molar-refractivity contribution in [1.29, 1.82) is 5.26 Å². The molecule has 8 heteroatoms. The zero-order valence-corrected chi connectivity index (χ0v) is 16.6. The van der Waals surface area contributed by atoms with Crippen molar-refractivity contribution in [1.82, 2.24) is 14.7 Å². The molecule has 4 rings (SSSR count). The lowest BCUT2D eigenvalue weighted by Gasteiger charge is -2.22. The summed E-state index contributed by atoms with van der Waals surface area (Å²) in [7, 11) is 0. The quantitative estimate of drug-likeness (QED) is 0.608. The summed E-state index contributed by atoms with van der Waals surface area (Å²) in [6, 6.07) is 13.8. The van der Waals surface area contributed by atoms with Crippen molar-refractivity contribution in [2.45, 2.75) is 25.1 Å². The van der Waals surface area contributed by atoms with Crippen LogP contribution >= 0.6 is 0 Å². The fraction of sp³-hybridized carbons (Fsp3) is 0.261. The van der Waals surface area contributed by atoms with Crippen LogP contribution in [0.15, 0.2) is 54.7 Å². The summed E-state index contributed by atoms with van der Waals surface area (Å²) in [5.74, 6) is -2.14. The molecule has 158 valence electrons. The third-order valence-corrected chi connectivity index (χ3v) is 5.44. The summed E-state index contributed by atoms with van der Waals surface area (Å²) in [6.45, 7) is 0.0982. The molecule has 1 atom stereocenters. The molecule has 0 saturated carbocycles. The standard InChI is InChI=1S/C23H19F3N4O/c24-18-11-17(12-19(25)13-18)23(26)7-10-29(15-23)22(31)20-14-28-30(9-4-8-27)21(20)16-5-2-1-3-6-16/h1-3,5-6,11-14H,4,7,9-10,15H2. The van der Waals surface area contributed by atoms with Gasteiger partial charge in [0.1, 0.15) is 11.6 Å². The molecule has 1 unspecified atom stereocenters. The Morgan fingerprint density at radius 1 is 1.16 bits per heavy atom. The highest BCUT2D eigenvalue weighted by Gasteiger charge is 2.43. The van der Waals surface area contributed by atoms with Gasteiger partial charge < -0.3 is 4.90 Å². The molecular weight excluding hydrogens is 405 g/mol. The molecule has 31 heavy (non-hydrogen) atoms. The smallest absolute Gasteiger partial charge is 0.257 e. The number of benzene rings is 2. The Hall–Kier alpha value is -3.60. The number of rotatable bonds is 5. The van der Waals surface area contributed by atoms with Gasteiger partial charge in [0.25, 0.3) is 5.91 Å². The van der Waals surface area contributed by atoms with E-state index in [1.54, 1.807) is 4.68 Å². The average Bonchev–Trinajstić information content (AvgIpc) is 3.36. The number of aryl methyl sites for hydroxylation is 1. The Morgan fingerprint density at radius 2 is 1.87 bits per heavy atom. The first-order valence-electron chi connectivity index (χ1n) is 9.84. The molecule has 0 radical (unpaired) electrons.